The molecule has 1 aliphatic rings. The van der Waals surface area contributed by atoms with Gasteiger partial charge in [-0.1, -0.05) is 31.1 Å². The average molecular weight is 220 g/mol. The monoisotopic (exact) mass is 220 g/mol. The maximum atomic E-state index is 11.7. The lowest BCUT2D eigenvalue weighted by molar-refractivity contribution is -0.122. The SMILES string of the molecule is C=CCCCC=CCC1CCCCCC1=O. The van der Waals surface area contributed by atoms with Crippen LogP contribution < -0.4 is 0 Å². The maximum Gasteiger partial charge on any atom is 0.136 e. The van der Waals surface area contributed by atoms with E-state index in [1.807, 2.05) is 6.08 Å². The number of hydrogen-bond donors (Lipinski definition) is 0. The summed E-state index contributed by atoms with van der Waals surface area (Å²) in [6.07, 6.45) is 16.3. The third-order valence-corrected chi connectivity index (χ3v) is 3.30. The van der Waals surface area contributed by atoms with Crippen molar-refractivity contribution in [2.24, 2.45) is 5.92 Å². The van der Waals surface area contributed by atoms with Gasteiger partial charge < -0.3 is 0 Å². The van der Waals surface area contributed by atoms with Crippen LogP contribution in [0.2, 0.25) is 0 Å². The Balaban J connectivity index is 2.19. The van der Waals surface area contributed by atoms with Gasteiger partial charge in [0, 0.05) is 12.3 Å². The molecular formula is C15H24O. The van der Waals surface area contributed by atoms with Crippen molar-refractivity contribution >= 4 is 5.78 Å². The van der Waals surface area contributed by atoms with Gasteiger partial charge in [-0.3, -0.25) is 4.79 Å². The predicted molar refractivity (Wildman–Crippen MR) is 69.4 cm³/mol. The molecule has 0 radical (unpaired) electrons. The van der Waals surface area contributed by atoms with Gasteiger partial charge >= 0.3 is 0 Å². The van der Waals surface area contributed by atoms with Crippen LogP contribution in [-0.4, -0.2) is 5.78 Å². The predicted octanol–water partition coefficient (Wildman–Crippen LogP) is 4.44. The van der Waals surface area contributed by atoms with E-state index in [2.05, 4.69) is 18.7 Å². The molecule has 1 unspecified atom stereocenters. The third kappa shape index (κ3) is 5.29. The minimum Gasteiger partial charge on any atom is -0.299 e. The van der Waals surface area contributed by atoms with E-state index in [-0.39, 0.29) is 0 Å². The molecule has 0 N–H and O–H groups in total. The third-order valence-electron chi connectivity index (χ3n) is 3.30. The first-order chi connectivity index (χ1) is 7.84. The molecule has 1 heteroatoms. The number of carbonyl (C=O) groups is 1. The molecule has 0 aromatic carbocycles. The van der Waals surface area contributed by atoms with Crippen LogP contribution in [0.3, 0.4) is 0 Å². The van der Waals surface area contributed by atoms with Gasteiger partial charge in [0.25, 0.3) is 0 Å². The highest BCUT2D eigenvalue weighted by Crippen LogP contribution is 2.23. The maximum absolute atomic E-state index is 11.7. The lowest BCUT2D eigenvalue weighted by Gasteiger charge is -2.09. The summed E-state index contributed by atoms with van der Waals surface area (Å²) < 4.78 is 0. The molecular weight excluding hydrogens is 196 g/mol. The Bertz CT molecular complexity index is 240. The van der Waals surface area contributed by atoms with E-state index in [1.165, 1.54) is 19.3 Å². The number of ketones is 1. The van der Waals surface area contributed by atoms with Crippen molar-refractivity contribution in [2.45, 2.75) is 57.8 Å². The molecule has 1 fully saturated rings. The molecule has 1 saturated carbocycles. The zero-order valence-corrected chi connectivity index (χ0v) is 10.3. The Morgan fingerprint density at radius 3 is 2.88 bits per heavy atom. The van der Waals surface area contributed by atoms with Gasteiger partial charge in [-0.15, -0.1) is 6.58 Å². The normalized spacial score (nSPS) is 22.2. The van der Waals surface area contributed by atoms with Crippen LogP contribution in [0, 0.1) is 5.92 Å². The standard InChI is InChI=1S/C15H24O/c1-2-3-4-5-6-8-11-14-12-9-7-10-13-15(14)16/h2,6,8,14H,1,3-5,7,9-13H2. The molecule has 0 aromatic heterocycles. The number of unbranched alkanes of at least 4 members (excludes halogenated alkanes) is 2. The van der Waals surface area contributed by atoms with Crippen LogP contribution in [-0.2, 0) is 4.79 Å². The second-order valence-electron chi connectivity index (χ2n) is 4.69. The average Bonchev–Trinajstić information content (AvgIpc) is 2.49. The van der Waals surface area contributed by atoms with E-state index >= 15 is 0 Å². The summed E-state index contributed by atoms with van der Waals surface area (Å²) in [6.45, 7) is 3.70. The summed E-state index contributed by atoms with van der Waals surface area (Å²) in [5.41, 5.74) is 0. The summed E-state index contributed by atoms with van der Waals surface area (Å²) in [5.74, 6) is 0.811. The lowest BCUT2D eigenvalue weighted by atomic mass is 9.95. The summed E-state index contributed by atoms with van der Waals surface area (Å²) >= 11 is 0. The summed E-state index contributed by atoms with van der Waals surface area (Å²) in [4.78, 5) is 11.7. The molecule has 0 heterocycles. The molecule has 16 heavy (non-hydrogen) atoms. The van der Waals surface area contributed by atoms with Crippen molar-refractivity contribution < 1.29 is 4.79 Å². The van der Waals surface area contributed by atoms with Gasteiger partial charge in [0.05, 0.1) is 0 Å². The van der Waals surface area contributed by atoms with E-state index in [9.17, 15) is 4.79 Å². The fourth-order valence-electron chi connectivity index (χ4n) is 2.24. The van der Waals surface area contributed by atoms with E-state index < -0.39 is 0 Å². The van der Waals surface area contributed by atoms with Crippen molar-refractivity contribution in [1.82, 2.24) is 0 Å². The largest absolute Gasteiger partial charge is 0.299 e. The first kappa shape index (κ1) is 13.2. The van der Waals surface area contributed by atoms with Crippen molar-refractivity contribution in [2.75, 3.05) is 0 Å². The van der Waals surface area contributed by atoms with Crippen LogP contribution in [0.5, 0.6) is 0 Å². The molecule has 1 nitrogen and oxygen atoms in total. The van der Waals surface area contributed by atoms with Gasteiger partial charge in [0.15, 0.2) is 0 Å². The number of allylic oxidation sites excluding steroid dienone is 3. The Kier molecular flexibility index (Phi) is 6.87. The van der Waals surface area contributed by atoms with E-state index in [0.717, 1.165) is 38.5 Å². The molecule has 0 aromatic rings. The highest BCUT2D eigenvalue weighted by atomic mass is 16.1. The van der Waals surface area contributed by atoms with Crippen LogP contribution >= 0.6 is 0 Å². The van der Waals surface area contributed by atoms with Crippen LogP contribution in [0.25, 0.3) is 0 Å². The summed E-state index contributed by atoms with van der Waals surface area (Å²) in [6, 6.07) is 0. The van der Waals surface area contributed by atoms with E-state index in [1.54, 1.807) is 0 Å². The summed E-state index contributed by atoms with van der Waals surface area (Å²) in [5, 5.41) is 0. The van der Waals surface area contributed by atoms with Gasteiger partial charge in [0.2, 0.25) is 0 Å². The van der Waals surface area contributed by atoms with Gasteiger partial charge in [-0.05, 0) is 38.5 Å². The fourth-order valence-corrected chi connectivity index (χ4v) is 2.24. The number of hydrogen-bond acceptors (Lipinski definition) is 1. The highest BCUT2D eigenvalue weighted by molar-refractivity contribution is 5.81. The Hall–Kier alpha value is -0.850. The fraction of sp³-hybridized carbons (Fsp3) is 0.667. The van der Waals surface area contributed by atoms with Crippen LogP contribution in [0.15, 0.2) is 24.8 Å². The van der Waals surface area contributed by atoms with Crippen LogP contribution in [0.4, 0.5) is 0 Å². The molecule has 0 aliphatic heterocycles. The van der Waals surface area contributed by atoms with Gasteiger partial charge in [-0.2, -0.15) is 0 Å². The second kappa shape index (κ2) is 8.32. The minimum absolute atomic E-state index is 0.318. The first-order valence-electron chi connectivity index (χ1n) is 6.63. The topological polar surface area (TPSA) is 17.1 Å². The Labute approximate surface area is 99.6 Å². The molecule has 1 atom stereocenters. The molecule has 1 aliphatic carbocycles. The highest BCUT2D eigenvalue weighted by Gasteiger charge is 2.18. The van der Waals surface area contributed by atoms with Crippen LogP contribution in [0.1, 0.15) is 57.8 Å². The van der Waals surface area contributed by atoms with Gasteiger partial charge in [0.1, 0.15) is 5.78 Å². The molecule has 90 valence electrons. The summed E-state index contributed by atoms with van der Waals surface area (Å²) in [7, 11) is 0. The zero-order valence-electron chi connectivity index (χ0n) is 10.3. The minimum atomic E-state index is 0.318. The van der Waals surface area contributed by atoms with Gasteiger partial charge in [-0.25, -0.2) is 0 Å². The lowest BCUT2D eigenvalue weighted by Crippen LogP contribution is -2.11. The zero-order chi connectivity index (χ0) is 11.6. The molecule has 1 rings (SSSR count). The molecule has 0 amide bonds. The first-order valence-corrected chi connectivity index (χ1v) is 6.63. The molecule has 0 bridgehead atoms. The Morgan fingerprint density at radius 2 is 2.06 bits per heavy atom. The second-order valence-corrected chi connectivity index (χ2v) is 4.69. The molecule has 0 spiro atoms. The van der Waals surface area contributed by atoms with E-state index in [4.69, 9.17) is 0 Å². The Morgan fingerprint density at radius 1 is 1.19 bits per heavy atom. The van der Waals surface area contributed by atoms with Crippen molar-refractivity contribution in [3.8, 4) is 0 Å². The van der Waals surface area contributed by atoms with Crippen molar-refractivity contribution in [3.63, 3.8) is 0 Å². The van der Waals surface area contributed by atoms with E-state index in [0.29, 0.717) is 11.7 Å². The molecule has 0 saturated heterocycles. The van der Waals surface area contributed by atoms with Crippen molar-refractivity contribution in [1.29, 1.82) is 0 Å². The number of Topliss-reactive ketones (excluding diaryl/α,β-unsaturated/α-hetero) is 1. The number of rotatable bonds is 6. The number of carbonyl (C=O) groups excluding carboxylic acids is 1. The smallest absolute Gasteiger partial charge is 0.136 e. The van der Waals surface area contributed by atoms with Crippen molar-refractivity contribution in [3.05, 3.63) is 24.8 Å². The quantitative estimate of drug-likeness (QED) is 0.367.